The second-order valence-corrected chi connectivity index (χ2v) is 4.91. The van der Waals surface area contributed by atoms with Crippen molar-refractivity contribution in [3.63, 3.8) is 0 Å². The minimum Gasteiger partial charge on any atom is -0.378 e. The molecule has 1 N–H and O–H groups in total. The molecule has 1 unspecified atom stereocenters. The lowest BCUT2D eigenvalue weighted by Crippen LogP contribution is -2.30. The number of methoxy groups -OCH3 is 1. The minimum absolute atomic E-state index is 0.109. The van der Waals surface area contributed by atoms with Crippen molar-refractivity contribution in [2.24, 2.45) is 0 Å². The van der Waals surface area contributed by atoms with Crippen LogP contribution in [0.1, 0.15) is 5.82 Å². The maximum atomic E-state index is 5.46. The summed E-state index contributed by atoms with van der Waals surface area (Å²) in [6.07, 6.45) is 1.86. The van der Waals surface area contributed by atoms with Crippen LogP contribution in [0.15, 0.2) is 16.9 Å². The average Bonchev–Trinajstić information content (AvgIpc) is 2.66. The minimum atomic E-state index is 0.109. The number of pyridine rings is 1. The fraction of sp³-hybridized carbons (Fsp3) is 0.500. The summed E-state index contributed by atoms with van der Waals surface area (Å²) < 4.78 is 8.42. The van der Waals surface area contributed by atoms with Gasteiger partial charge in [0.2, 0.25) is 0 Å². The van der Waals surface area contributed by atoms with E-state index in [0.29, 0.717) is 0 Å². The van der Waals surface area contributed by atoms with Gasteiger partial charge in [0.15, 0.2) is 0 Å². The smallest absolute Gasteiger partial charge is 0.131 e. The molecular formula is C12H17BrN4O. The highest BCUT2D eigenvalue weighted by molar-refractivity contribution is 9.10. The first kappa shape index (κ1) is 13.5. The summed E-state index contributed by atoms with van der Waals surface area (Å²) in [5.74, 6) is 0.969. The van der Waals surface area contributed by atoms with E-state index < -0.39 is 0 Å². The zero-order valence-electron chi connectivity index (χ0n) is 10.8. The topological polar surface area (TPSA) is 52.0 Å². The number of imidazole rings is 1. The highest BCUT2D eigenvalue weighted by Gasteiger charge is 2.15. The Kier molecular flexibility index (Phi) is 4.31. The normalized spacial score (nSPS) is 13.1. The van der Waals surface area contributed by atoms with Crippen LogP contribution in [0.5, 0.6) is 0 Å². The van der Waals surface area contributed by atoms with Crippen LogP contribution in [0, 0.1) is 6.92 Å². The van der Waals surface area contributed by atoms with Crippen LogP contribution in [0.4, 0.5) is 0 Å². The number of hydrogen-bond acceptors (Lipinski definition) is 4. The molecular weight excluding hydrogens is 296 g/mol. The average molecular weight is 313 g/mol. The Labute approximate surface area is 115 Å². The molecule has 0 radical (unpaired) electrons. The van der Waals surface area contributed by atoms with Gasteiger partial charge in [-0.05, 0) is 36.0 Å². The first-order valence-corrected chi connectivity index (χ1v) is 6.61. The van der Waals surface area contributed by atoms with E-state index >= 15 is 0 Å². The molecule has 2 aromatic rings. The molecule has 0 aliphatic heterocycles. The van der Waals surface area contributed by atoms with Gasteiger partial charge >= 0.3 is 0 Å². The molecule has 0 saturated carbocycles. The number of rotatable bonds is 5. The maximum Gasteiger partial charge on any atom is 0.131 e. The Bertz CT molecular complexity index is 540. The molecule has 5 nitrogen and oxygen atoms in total. The second kappa shape index (κ2) is 5.77. The monoisotopic (exact) mass is 312 g/mol. The molecule has 1 atom stereocenters. The molecule has 2 heterocycles. The first-order valence-electron chi connectivity index (χ1n) is 5.82. The molecule has 0 aliphatic carbocycles. The van der Waals surface area contributed by atoms with Crippen LogP contribution in [-0.2, 0) is 11.3 Å². The van der Waals surface area contributed by atoms with Crippen LogP contribution < -0.4 is 5.32 Å². The summed E-state index contributed by atoms with van der Waals surface area (Å²) in [6, 6.07) is 1.92. The standard InChI is InChI=1S/C12H17BrN4O/c1-8-16-10-4-5-15-12(13)11(10)17(8)7-9(18-3)6-14-2/h4-5,9,14H,6-7H2,1-3H3. The van der Waals surface area contributed by atoms with Crippen LogP contribution in [0.3, 0.4) is 0 Å². The van der Waals surface area contributed by atoms with Gasteiger partial charge < -0.3 is 14.6 Å². The summed E-state index contributed by atoms with van der Waals surface area (Å²) in [4.78, 5) is 8.80. The third-order valence-corrected chi connectivity index (χ3v) is 3.53. The van der Waals surface area contributed by atoms with Gasteiger partial charge in [-0.2, -0.15) is 0 Å². The van der Waals surface area contributed by atoms with Crippen molar-refractivity contribution < 1.29 is 4.74 Å². The van der Waals surface area contributed by atoms with Gasteiger partial charge in [0.25, 0.3) is 0 Å². The van der Waals surface area contributed by atoms with Crippen LogP contribution in [0.25, 0.3) is 11.0 Å². The van der Waals surface area contributed by atoms with Crippen molar-refractivity contribution in [1.82, 2.24) is 19.9 Å². The number of nitrogens with one attached hydrogen (secondary N) is 1. The predicted octanol–water partition coefficient (Wildman–Crippen LogP) is 1.74. The van der Waals surface area contributed by atoms with E-state index in [1.165, 1.54) is 0 Å². The van der Waals surface area contributed by atoms with Gasteiger partial charge in [-0.15, -0.1) is 0 Å². The fourth-order valence-corrected chi connectivity index (χ4v) is 2.57. The number of aryl methyl sites for hydroxylation is 1. The number of fused-ring (bicyclic) bond motifs is 1. The molecule has 0 fully saturated rings. The lowest BCUT2D eigenvalue weighted by atomic mass is 10.3. The molecule has 2 rings (SSSR count). The van der Waals surface area contributed by atoms with E-state index in [4.69, 9.17) is 4.74 Å². The number of aromatic nitrogens is 3. The Morgan fingerprint density at radius 3 is 3.00 bits per heavy atom. The Balaban J connectivity index is 2.40. The highest BCUT2D eigenvalue weighted by atomic mass is 79.9. The lowest BCUT2D eigenvalue weighted by molar-refractivity contribution is 0.0892. The summed E-state index contributed by atoms with van der Waals surface area (Å²) in [7, 11) is 3.64. The molecule has 6 heteroatoms. The molecule has 0 spiro atoms. The van der Waals surface area contributed by atoms with Gasteiger partial charge in [-0.1, -0.05) is 0 Å². The van der Waals surface area contributed by atoms with E-state index in [2.05, 4.69) is 35.8 Å². The fourth-order valence-electron chi connectivity index (χ4n) is 2.03. The van der Waals surface area contributed by atoms with Gasteiger partial charge in [0.1, 0.15) is 15.9 Å². The van der Waals surface area contributed by atoms with Crippen molar-refractivity contribution in [2.45, 2.75) is 19.6 Å². The Morgan fingerprint density at radius 1 is 1.56 bits per heavy atom. The molecule has 0 saturated heterocycles. The molecule has 18 heavy (non-hydrogen) atoms. The number of ether oxygens (including phenoxy) is 1. The summed E-state index contributed by atoms with van der Waals surface area (Å²) >= 11 is 3.48. The van der Waals surface area contributed by atoms with Gasteiger partial charge in [0, 0.05) is 19.9 Å². The Hall–Kier alpha value is -0.980. The largest absolute Gasteiger partial charge is 0.378 e. The van der Waals surface area contributed by atoms with Crippen molar-refractivity contribution in [3.05, 3.63) is 22.7 Å². The summed E-state index contributed by atoms with van der Waals surface area (Å²) in [6.45, 7) is 3.55. The zero-order chi connectivity index (χ0) is 13.1. The Morgan fingerprint density at radius 2 is 2.33 bits per heavy atom. The number of hydrogen-bond donors (Lipinski definition) is 1. The molecule has 0 amide bonds. The quantitative estimate of drug-likeness (QED) is 0.854. The zero-order valence-corrected chi connectivity index (χ0v) is 12.4. The summed E-state index contributed by atoms with van der Waals surface area (Å²) in [5.41, 5.74) is 1.97. The van der Waals surface area contributed by atoms with Gasteiger partial charge in [-0.3, -0.25) is 0 Å². The van der Waals surface area contributed by atoms with Gasteiger partial charge in [-0.25, -0.2) is 9.97 Å². The number of likely N-dealkylation sites (N-methyl/N-ethyl adjacent to an activating group) is 1. The van der Waals surface area contributed by atoms with E-state index in [9.17, 15) is 0 Å². The predicted molar refractivity (Wildman–Crippen MR) is 74.7 cm³/mol. The van der Waals surface area contributed by atoms with E-state index in [0.717, 1.165) is 34.6 Å². The molecule has 0 aliphatic rings. The summed E-state index contributed by atoms with van der Waals surface area (Å²) in [5, 5.41) is 3.13. The second-order valence-electron chi connectivity index (χ2n) is 4.15. The SMILES string of the molecule is CNCC(Cn1c(C)nc2ccnc(Br)c21)OC. The van der Waals surface area contributed by atoms with Crippen molar-refractivity contribution in [2.75, 3.05) is 20.7 Å². The van der Waals surface area contributed by atoms with Crippen LogP contribution in [-0.4, -0.2) is 41.3 Å². The van der Waals surface area contributed by atoms with E-state index in [-0.39, 0.29) is 6.10 Å². The van der Waals surface area contributed by atoms with E-state index in [1.807, 2.05) is 20.0 Å². The maximum absolute atomic E-state index is 5.46. The van der Waals surface area contributed by atoms with Crippen molar-refractivity contribution in [3.8, 4) is 0 Å². The third kappa shape index (κ3) is 2.55. The lowest BCUT2D eigenvalue weighted by Gasteiger charge is -2.17. The molecule has 0 bridgehead atoms. The van der Waals surface area contributed by atoms with Crippen LogP contribution in [0.2, 0.25) is 0 Å². The van der Waals surface area contributed by atoms with Crippen molar-refractivity contribution in [1.29, 1.82) is 0 Å². The third-order valence-electron chi connectivity index (χ3n) is 2.95. The number of halogens is 1. The van der Waals surface area contributed by atoms with E-state index in [1.54, 1.807) is 13.3 Å². The first-order chi connectivity index (χ1) is 8.67. The van der Waals surface area contributed by atoms with Crippen LogP contribution >= 0.6 is 15.9 Å². The van der Waals surface area contributed by atoms with Crippen molar-refractivity contribution >= 4 is 27.0 Å². The number of nitrogens with zero attached hydrogens (tertiary/aromatic N) is 3. The highest BCUT2D eigenvalue weighted by Crippen LogP contribution is 2.23. The van der Waals surface area contributed by atoms with Gasteiger partial charge in [0.05, 0.1) is 18.2 Å². The molecule has 0 aromatic carbocycles. The molecule has 2 aromatic heterocycles. The molecule has 98 valence electrons.